The average Bonchev–Trinajstić information content (AvgIpc) is 2.95. The number of likely N-dealkylation sites (tertiary alicyclic amines) is 1. The van der Waals surface area contributed by atoms with Gasteiger partial charge >= 0.3 is 12.0 Å². The molecule has 6 heteroatoms. The Bertz CT molecular complexity index is 446. The number of nitrogens with one attached hydrogen (secondary N) is 1. The van der Waals surface area contributed by atoms with Crippen molar-refractivity contribution in [2.24, 2.45) is 0 Å². The topological polar surface area (TPSA) is 69.6 Å². The molecule has 0 aliphatic carbocycles. The first-order valence-corrected chi connectivity index (χ1v) is 6.78. The first kappa shape index (κ1) is 12.9. The Kier molecular flexibility index (Phi) is 3.56. The van der Waals surface area contributed by atoms with Crippen LogP contribution in [-0.2, 0) is 11.3 Å². The number of aliphatic carboxylic acids is 1. The quantitative estimate of drug-likeness (QED) is 0.879. The Labute approximate surface area is 109 Å². The Morgan fingerprint density at radius 2 is 2.39 bits per heavy atom. The Hall–Kier alpha value is -1.56. The normalized spacial score (nSPS) is 23.1. The van der Waals surface area contributed by atoms with Crippen molar-refractivity contribution in [3.63, 3.8) is 0 Å². The van der Waals surface area contributed by atoms with E-state index in [-0.39, 0.29) is 6.03 Å². The first-order chi connectivity index (χ1) is 8.54. The van der Waals surface area contributed by atoms with Gasteiger partial charge in [-0.2, -0.15) is 11.3 Å². The zero-order chi connectivity index (χ0) is 13.2. The van der Waals surface area contributed by atoms with E-state index in [1.54, 1.807) is 18.3 Å². The van der Waals surface area contributed by atoms with Crippen molar-refractivity contribution in [1.29, 1.82) is 0 Å². The number of amides is 2. The van der Waals surface area contributed by atoms with Crippen molar-refractivity contribution in [1.82, 2.24) is 10.2 Å². The third-order valence-corrected chi connectivity index (χ3v) is 4.10. The number of carbonyl (C=O) groups is 2. The summed E-state index contributed by atoms with van der Waals surface area (Å²) in [6.45, 7) is 2.54. The van der Waals surface area contributed by atoms with Crippen LogP contribution in [0.1, 0.15) is 25.3 Å². The molecule has 1 aliphatic heterocycles. The molecule has 18 heavy (non-hydrogen) atoms. The van der Waals surface area contributed by atoms with E-state index >= 15 is 0 Å². The fourth-order valence-electron chi connectivity index (χ4n) is 2.18. The third kappa shape index (κ3) is 2.33. The number of hydrogen-bond donors (Lipinski definition) is 2. The highest BCUT2D eigenvalue weighted by Crippen LogP contribution is 2.29. The van der Waals surface area contributed by atoms with Crippen LogP contribution in [0.15, 0.2) is 16.8 Å². The summed E-state index contributed by atoms with van der Waals surface area (Å²) in [5, 5.41) is 15.9. The summed E-state index contributed by atoms with van der Waals surface area (Å²) >= 11 is 1.57. The van der Waals surface area contributed by atoms with E-state index in [1.807, 2.05) is 16.8 Å². The lowest BCUT2D eigenvalue weighted by Crippen LogP contribution is -2.53. The van der Waals surface area contributed by atoms with Gasteiger partial charge in [0.1, 0.15) is 5.54 Å². The van der Waals surface area contributed by atoms with Gasteiger partial charge in [0, 0.05) is 13.1 Å². The van der Waals surface area contributed by atoms with Gasteiger partial charge in [-0.25, -0.2) is 9.59 Å². The lowest BCUT2D eigenvalue weighted by atomic mass is 10.00. The summed E-state index contributed by atoms with van der Waals surface area (Å²) in [4.78, 5) is 24.7. The maximum atomic E-state index is 12.0. The number of hydrogen-bond acceptors (Lipinski definition) is 3. The molecule has 1 unspecified atom stereocenters. The van der Waals surface area contributed by atoms with Crippen molar-refractivity contribution in [3.8, 4) is 0 Å². The molecule has 1 aromatic heterocycles. The average molecular weight is 268 g/mol. The second-order valence-corrected chi connectivity index (χ2v) is 5.40. The molecule has 1 fully saturated rings. The lowest BCUT2D eigenvalue weighted by molar-refractivity contribution is -0.147. The molecule has 1 aliphatic rings. The summed E-state index contributed by atoms with van der Waals surface area (Å²) in [7, 11) is 0. The van der Waals surface area contributed by atoms with E-state index in [9.17, 15) is 14.7 Å². The van der Waals surface area contributed by atoms with Crippen LogP contribution >= 0.6 is 11.3 Å². The third-order valence-electron chi connectivity index (χ3n) is 3.37. The molecule has 0 radical (unpaired) electrons. The summed E-state index contributed by atoms with van der Waals surface area (Å²) in [5.41, 5.74) is -0.0387. The van der Waals surface area contributed by atoms with Crippen molar-refractivity contribution < 1.29 is 14.7 Å². The fourth-order valence-corrected chi connectivity index (χ4v) is 2.85. The fraction of sp³-hybridized carbons (Fsp3) is 0.500. The molecule has 2 rings (SSSR count). The molecule has 1 aromatic rings. The minimum absolute atomic E-state index is 0.302. The molecule has 0 aromatic carbocycles. The van der Waals surface area contributed by atoms with Crippen molar-refractivity contribution in [2.45, 2.75) is 31.8 Å². The zero-order valence-electron chi connectivity index (χ0n) is 10.2. The molecule has 1 saturated heterocycles. The number of nitrogens with zero attached hydrogens (tertiary/aromatic N) is 1. The van der Waals surface area contributed by atoms with Gasteiger partial charge in [-0.05, 0) is 42.2 Å². The molecule has 2 amide bonds. The van der Waals surface area contributed by atoms with Crippen LogP contribution in [0.2, 0.25) is 0 Å². The highest BCUT2D eigenvalue weighted by atomic mass is 32.1. The van der Waals surface area contributed by atoms with Gasteiger partial charge in [0.15, 0.2) is 0 Å². The predicted molar refractivity (Wildman–Crippen MR) is 68.5 cm³/mol. The molecule has 98 valence electrons. The van der Waals surface area contributed by atoms with Crippen LogP contribution in [0.4, 0.5) is 4.79 Å². The van der Waals surface area contributed by atoms with Gasteiger partial charge in [0.2, 0.25) is 0 Å². The van der Waals surface area contributed by atoms with Gasteiger partial charge in [-0.15, -0.1) is 0 Å². The van der Waals surface area contributed by atoms with E-state index in [2.05, 4.69) is 5.32 Å². The van der Waals surface area contributed by atoms with E-state index < -0.39 is 11.5 Å². The van der Waals surface area contributed by atoms with Crippen LogP contribution in [0.25, 0.3) is 0 Å². The molecule has 1 atom stereocenters. The van der Waals surface area contributed by atoms with Crippen LogP contribution in [-0.4, -0.2) is 34.1 Å². The largest absolute Gasteiger partial charge is 0.480 e. The molecule has 0 bridgehead atoms. The minimum atomic E-state index is -1.07. The summed E-state index contributed by atoms with van der Waals surface area (Å²) < 4.78 is 0. The van der Waals surface area contributed by atoms with Crippen molar-refractivity contribution in [3.05, 3.63) is 22.4 Å². The van der Waals surface area contributed by atoms with Gasteiger partial charge in [-0.3, -0.25) is 0 Å². The second-order valence-electron chi connectivity index (χ2n) is 4.62. The molecule has 0 saturated carbocycles. The van der Waals surface area contributed by atoms with Gasteiger partial charge in [-0.1, -0.05) is 0 Å². The standard InChI is InChI=1S/C12H16N2O3S/c1-12(10(15)16)4-2-5-14(12)11(17)13-7-9-3-6-18-8-9/h3,6,8H,2,4-5,7H2,1H3,(H,13,17)(H,15,16). The minimum Gasteiger partial charge on any atom is -0.480 e. The number of carbonyl (C=O) groups excluding carboxylic acids is 1. The lowest BCUT2D eigenvalue weighted by Gasteiger charge is -2.31. The van der Waals surface area contributed by atoms with Crippen LogP contribution in [0.3, 0.4) is 0 Å². The van der Waals surface area contributed by atoms with Crippen LogP contribution < -0.4 is 5.32 Å². The van der Waals surface area contributed by atoms with E-state index in [0.29, 0.717) is 19.5 Å². The number of carboxylic acid groups (broad SMARTS) is 1. The maximum Gasteiger partial charge on any atom is 0.329 e. The molecule has 2 heterocycles. The molecule has 2 N–H and O–H groups in total. The van der Waals surface area contributed by atoms with Crippen molar-refractivity contribution in [2.75, 3.05) is 6.54 Å². The highest BCUT2D eigenvalue weighted by Gasteiger charge is 2.45. The van der Waals surface area contributed by atoms with E-state index in [4.69, 9.17) is 0 Å². The number of urea groups is 1. The Morgan fingerprint density at radius 3 is 3.00 bits per heavy atom. The number of carboxylic acids is 1. The van der Waals surface area contributed by atoms with Gasteiger partial charge in [0.25, 0.3) is 0 Å². The summed E-state index contributed by atoms with van der Waals surface area (Å²) in [5.74, 6) is -0.939. The van der Waals surface area contributed by atoms with Gasteiger partial charge in [0.05, 0.1) is 0 Å². The molecule has 5 nitrogen and oxygen atoms in total. The number of thiophene rings is 1. The summed E-state index contributed by atoms with van der Waals surface area (Å²) in [6.07, 6.45) is 1.24. The Balaban J connectivity index is 1.98. The molecular formula is C12H16N2O3S. The summed E-state index contributed by atoms with van der Waals surface area (Å²) in [6, 6.07) is 1.63. The SMILES string of the molecule is CC1(C(=O)O)CCCN1C(=O)NCc1ccsc1. The zero-order valence-corrected chi connectivity index (χ0v) is 11.0. The Morgan fingerprint density at radius 1 is 1.61 bits per heavy atom. The van der Waals surface area contributed by atoms with Gasteiger partial charge < -0.3 is 15.3 Å². The smallest absolute Gasteiger partial charge is 0.329 e. The molecular weight excluding hydrogens is 252 g/mol. The van der Waals surface area contributed by atoms with E-state index in [1.165, 1.54) is 4.90 Å². The number of rotatable bonds is 3. The van der Waals surface area contributed by atoms with E-state index in [0.717, 1.165) is 12.0 Å². The monoisotopic (exact) mass is 268 g/mol. The second kappa shape index (κ2) is 4.97. The first-order valence-electron chi connectivity index (χ1n) is 5.84. The highest BCUT2D eigenvalue weighted by molar-refractivity contribution is 7.07. The van der Waals surface area contributed by atoms with Crippen LogP contribution in [0, 0.1) is 0 Å². The van der Waals surface area contributed by atoms with Crippen molar-refractivity contribution >= 4 is 23.3 Å². The predicted octanol–water partition coefficient (Wildman–Crippen LogP) is 1.90. The van der Waals surface area contributed by atoms with Crippen LogP contribution in [0.5, 0.6) is 0 Å². The maximum absolute atomic E-state index is 12.0. The molecule has 0 spiro atoms.